The summed E-state index contributed by atoms with van der Waals surface area (Å²) in [6.07, 6.45) is 4.45. The maximum Gasteiger partial charge on any atom is 0.262 e. The zero-order valence-corrected chi connectivity index (χ0v) is 16.6. The third-order valence-electron chi connectivity index (χ3n) is 5.54. The van der Waals surface area contributed by atoms with Crippen molar-refractivity contribution in [3.63, 3.8) is 0 Å². The van der Waals surface area contributed by atoms with E-state index in [-0.39, 0.29) is 24.1 Å². The number of aromatic nitrogens is 1. The minimum Gasteiger partial charge on any atom is -0.368 e. The number of halogens is 1. The number of nitrogens with zero attached hydrogens (tertiary/aromatic N) is 3. The van der Waals surface area contributed by atoms with Crippen molar-refractivity contribution in [2.45, 2.75) is 31.7 Å². The largest absolute Gasteiger partial charge is 0.368 e. The van der Waals surface area contributed by atoms with Crippen molar-refractivity contribution in [3.05, 3.63) is 45.7 Å². The fraction of sp³-hybridized carbons (Fsp3) is 0.450. The molecule has 0 radical (unpaired) electrons. The van der Waals surface area contributed by atoms with Gasteiger partial charge < -0.3 is 15.1 Å². The molecule has 2 aliphatic heterocycles. The second kappa shape index (κ2) is 7.87. The predicted molar refractivity (Wildman–Crippen MR) is 106 cm³/mol. The van der Waals surface area contributed by atoms with Crippen LogP contribution in [0.1, 0.15) is 33.1 Å². The lowest BCUT2D eigenvalue weighted by atomic mass is 10.0. The van der Waals surface area contributed by atoms with Gasteiger partial charge in [0.15, 0.2) is 0 Å². The quantitative estimate of drug-likeness (QED) is 0.852. The smallest absolute Gasteiger partial charge is 0.262 e. The number of hydrogen-bond acceptors (Lipinski definition) is 5. The number of rotatable bonds is 4. The van der Waals surface area contributed by atoms with E-state index in [9.17, 15) is 14.0 Å². The van der Waals surface area contributed by atoms with E-state index in [0.29, 0.717) is 29.0 Å². The van der Waals surface area contributed by atoms with Gasteiger partial charge in [-0.25, -0.2) is 9.37 Å². The van der Waals surface area contributed by atoms with Gasteiger partial charge >= 0.3 is 0 Å². The van der Waals surface area contributed by atoms with Crippen LogP contribution in [0.4, 0.5) is 10.1 Å². The predicted octanol–water partition coefficient (Wildman–Crippen LogP) is 2.24. The minimum absolute atomic E-state index is 0.0455. The number of benzene rings is 1. The number of piperidine rings is 1. The molecule has 0 aliphatic carbocycles. The van der Waals surface area contributed by atoms with Crippen molar-refractivity contribution in [2.75, 3.05) is 31.6 Å². The lowest BCUT2D eigenvalue weighted by Crippen LogP contribution is -2.46. The van der Waals surface area contributed by atoms with Crippen molar-refractivity contribution < 1.29 is 14.0 Å². The number of anilines is 1. The van der Waals surface area contributed by atoms with E-state index >= 15 is 0 Å². The zero-order valence-electron chi connectivity index (χ0n) is 15.8. The van der Waals surface area contributed by atoms with E-state index in [0.717, 1.165) is 31.5 Å². The molecule has 2 aliphatic rings. The Balaban J connectivity index is 1.33. The molecule has 1 aromatic carbocycles. The summed E-state index contributed by atoms with van der Waals surface area (Å²) in [5.41, 5.74) is 2.21. The SMILES string of the molecule is CNC(=O)c1cnc(CC(=O)N2CCC(N3CCc4ccc(F)cc43)CC2)s1. The second-order valence-corrected chi connectivity index (χ2v) is 8.32. The molecule has 1 aromatic heterocycles. The second-order valence-electron chi connectivity index (χ2n) is 7.20. The lowest BCUT2D eigenvalue weighted by Gasteiger charge is -2.38. The Morgan fingerprint density at radius 1 is 1.29 bits per heavy atom. The number of hydrogen-bond donors (Lipinski definition) is 1. The van der Waals surface area contributed by atoms with Gasteiger partial charge in [0.1, 0.15) is 15.7 Å². The van der Waals surface area contributed by atoms with Crippen molar-refractivity contribution in [1.29, 1.82) is 0 Å². The number of carbonyl (C=O) groups excluding carboxylic acids is 2. The summed E-state index contributed by atoms with van der Waals surface area (Å²) in [7, 11) is 1.57. The van der Waals surface area contributed by atoms with E-state index < -0.39 is 0 Å². The molecule has 2 amide bonds. The summed E-state index contributed by atoms with van der Waals surface area (Å²) in [4.78, 5) is 33.1. The summed E-state index contributed by atoms with van der Waals surface area (Å²) in [5.74, 6) is -0.332. The first-order valence-corrected chi connectivity index (χ1v) is 10.4. The van der Waals surface area contributed by atoms with Crippen LogP contribution < -0.4 is 10.2 Å². The third kappa shape index (κ3) is 3.73. The van der Waals surface area contributed by atoms with Crippen molar-refractivity contribution >= 4 is 28.8 Å². The molecule has 2 aromatic rings. The number of thiazole rings is 1. The van der Waals surface area contributed by atoms with Gasteiger partial charge in [-0.2, -0.15) is 0 Å². The molecule has 3 heterocycles. The van der Waals surface area contributed by atoms with Crippen LogP contribution in [-0.2, 0) is 17.6 Å². The monoisotopic (exact) mass is 402 g/mol. The number of likely N-dealkylation sites (tertiary alicyclic amines) is 1. The highest BCUT2D eigenvalue weighted by Crippen LogP contribution is 2.33. The number of nitrogens with one attached hydrogen (secondary N) is 1. The molecule has 28 heavy (non-hydrogen) atoms. The average Bonchev–Trinajstić information content (AvgIpc) is 3.34. The van der Waals surface area contributed by atoms with E-state index in [4.69, 9.17) is 0 Å². The van der Waals surface area contributed by atoms with E-state index in [1.54, 1.807) is 13.1 Å². The topological polar surface area (TPSA) is 65.5 Å². The fourth-order valence-electron chi connectivity index (χ4n) is 4.04. The Bertz CT molecular complexity index is 892. The van der Waals surface area contributed by atoms with E-state index in [2.05, 4.69) is 15.2 Å². The van der Waals surface area contributed by atoms with Crippen LogP contribution in [0.25, 0.3) is 0 Å². The first-order valence-electron chi connectivity index (χ1n) is 9.55. The maximum absolute atomic E-state index is 13.6. The minimum atomic E-state index is -0.196. The van der Waals surface area contributed by atoms with E-state index in [1.807, 2.05) is 11.0 Å². The summed E-state index contributed by atoms with van der Waals surface area (Å²) in [6.45, 7) is 2.30. The highest BCUT2D eigenvalue weighted by Gasteiger charge is 2.31. The molecule has 1 saturated heterocycles. The van der Waals surface area contributed by atoms with Crippen LogP contribution in [-0.4, -0.2) is 54.4 Å². The van der Waals surface area contributed by atoms with Crippen LogP contribution in [0.2, 0.25) is 0 Å². The van der Waals surface area contributed by atoms with Crippen LogP contribution in [0, 0.1) is 5.82 Å². The highest BCUT2D eigenvalue weighted by molar-refractivity contribution is 7.13. The van der Waals surface area contributed by atoms with Gasteiger partial charge in [-0.05, 0) is 37.0 Å². The summed E-state index contributed by atoms with van der Waals surface area (Å²) in [5, 5.41) is 3.22. The standard InChI is InChI=1S/C20H23FN4O2S/c1-22-20(27)17-12-23-18(28-17)11-19(26)24-7-5-15(6-8-24)25-9-4-13-2-3-14(21)10-16(13)25/h2-3,10,12,15H,4-9,11H2,1H3,(H,22,27). The lowest BCUT2D eigenvalue weighted by molar-refractivity contribution is -0.131. The molecule has 4 rings (SSSR count). The number of fused-ring (bicyclic) bond motifs is 1. The third-order valence-corrected chi connectivity index (χ3v) is 6.54. The number of carbonyl (C=O) groups is 2. The van der Waals surface area contributed by atoms with Crippen molar-refractivity contribution in [2.24, 2.45) is 0 Å². The molecule has 0 atom stereocenters. The Hall–Kier alpha value is -2.48. The molecule has 0 saturated carbocycles. The van der Waals surface area contributed by atoms with Crippen LogP contribution in [0.5, 0.6) is 0 Å². The van der Waals surface area contributed by atoms with Gasteiger partial charge in [0.05, 0.1) is 12.6 Å². The van der Waals surface area contributed by atoms with Crippen LogP contribution in [0.3, 0.4) is 0 Å². The van der Waals surface area contributed by atoms with Crippen LogP contribution >= 0.6 is 11.3 Å². The fourth-order valence-corrected chi connectivity index (χ4v) is 4.90. The summed E-state index contributed by atoms with van der Waals surface area (Å²) in [6, 6.07) is 5.38. The Kier molecular flexibility index (Phi) is 5.30. The van der Waals surface area contributed by atoms with Crippen molar-refractivity contribution in [3.8, 4) is 0 Å². The van der Waals surface area contributed by atoms with Gasteiger partial charge in [-0.15, -0.1) is 11.3 Å². The van der Waals surface area contributed by atoms with Gasteiger partial charge in [0.2, 0.25) is 5.91 Å². The maximum atomic E-state index is 13.6. The Morgan fingerprint density at radius 2 is 2.07 bits per heavy atom. The van der Waals surface area contributed by atoms with Gasteiger partial charge in [0, 0.05) is 38.4 Å². The number of amides is 2. The summed E-state index contributed by atoms with van der Waals surface area (Å²) < 4.78 is 13.6. The van der Waals surface area contributed by atoms with Gasteiger partial charge in [0.25, 0.3) is 5.91 Å². The molecule has 0 bridgehead atoms. The molecule has 6 nitrogen and oxygen atoms in total. The Labute approximate surface area is 167 Å². The molecule has 1 fully saturated rings. The molecule has 0 unspecified atom stereocenters. The summed E-state index contributed by atoms with van der Waals surface area (Å²) >= 11 is 1.26. The normalized spacial score (nSPS) is 16.9. The van der Waals surface area contributed by atoms with Gasteiger partial charge in [-0.3, -0.25) is 9.59 Å². The van der Waals surface area contributed by atoms with E-state index in [1.165, 1.54) is 29.2 Å². The van der Waals surface area contributed by atoms with Crippen LogP contribution in [0.15, 0.2) is 24.4 Å². The molecular weight excluding hydrogens is 379 g/mol. The molecule has 148 valence electrons. The first-order chi connectivity index (χ1) is 13.5. The Morgan fingerprint density at radius 3 is 2.82 bits per heavy atom. The van der Waals surface area contributed by atoms with Crippen molar-refractivity contribution in [1.82, 2.24) is 15.2 Å². The molecule has 8 heteroatoms. The molecule has 0 spiro atoms. The molecular formula is C20H23FN4O2S. The zero-order chi connectivity index (χ0) is 19.7. The molecule has 1 N–H and O–H groups in total. The highest BCUT2D eigenvalue weighted by atomic mass is 32.1. The average molecular weight is 402 g/mol. The first kappa shape index (κ1) is 18.9. The van der Waals surface area contributed by atoms with Gasteiger partial charge in [-0.1, -0.05) is 6.07 Å².